The minimum Gasteiger partial charge on any atom is -0.497 e. The Hall–Kier alpha value is -1.31. The van der Waals surface area contributed by atoms with E-state index in [1.165, 1.54) is 46.0 Å². The number of hydrogen-bond donors (Lipinski definition) is 1. The molecular formula is C19H30N2O4S. The van der Waals surface area contributed by atoms with Crippen molar-refractivity contribution in [2.24, 2.45) is 5.92 Å². The van der Waals surface area contributed by atoms with Crippen LogP contribution in [0.2, 0.25) is 0 Å². The van der Waals surface area contributed by atoms with Crippen molar-refractivity contribution < 1.29 is 17.9 Å². The fourth-order valence-corrected chi connectivity index (χ4v) is 5.39. The van der Waals surface area contributed by atoms with E-state index in [9.17, 15) is 8.42 Å². The molecular weight excluding hydrogens is 352 g/mol. The second kappa shape index (κ2) is 8.59. The summed E-state index contributed by atoms with van der Waals surface area (Å²) in [5.74, 6) is 1.21. The molecule has 0 unspecified atom stereocenters. The van der Waals surface area contributed by atoms with Gasteiger partial charge in [0.2, 0.25) is 10.0 Å². The van der Waals surface area contributed by atoms with Gasteiger partial charge >= 0.3 is 0 Å². The van der Waals surface area contributed by atoms with Gasteiger partial charge in [-0.1, -0.05) is 12.8 Å². The number of nitrogens with one attached hydrogen (secondary N) is 1. The van der Waals surface area contributed by atoms with Gasteiger partial charge in [-0.15, -0.1) is 0 Å². The molecule has 1 aromatic carbocycles. The van der Waals surface area contributed by atoms with Gasteiger partial charge in [0, 0.05) is 18.7 Å². The van der Waals surface area contributed by atoms with E-state index in [-0.39, 0.29) is 4.90 Å². The number of likely N-dealkylation sites (tertiary alicyclic amines) is 1. The number of ether oxygens (including phenoxy) is 2. The summed E-state index contributed by atoms with van der Waals surface area (Å²) in [6, 6.07) is 5.57. The highest BCUT2D eigenvalue weighted by Gasteiger charge is 2.28. The van der Waals surface area contributed by atoms with Crippen LogP contribution in [-0.2, 0) is 10.0 Å². The average molecular weight is 383 g/mol. The van der Waals surface area contributed by atoms with Crippen LogP contribution >= 0.6 is 0 Å². The number of sulfonamides is 1. The molecule has 0 radical (unpaired) electrons. The fraction of sp³-hybridized carbons (Fsp3) is 0.684. The molecule has 1 aliphatic carbocycles. The molecule has 1 saturated carbocycles. The van der Waals surface area contributed by atoms with Crippen LogP contribution in [0.5, 0.6) is 11.5 Å². The Balaban J connectivity index is 1.57. The van der Waals surface area contributed by atoms with Gasteiger partial charge in [0.1, 0.15) is 16.4 Å². The van der Waals surface area contributed by atoms with Crippen molar-refractivity contribution in [3.05, 3.63) is 18.2 Å². The van der Waals surface area contributed by atoms with Crippen LogP contribution in [0.15, 0.2) is 23.1 Å². The molecule has 1 heterocycles. The van der Waals surface area contributed by atoms with Crippen LogP contribution < -0.4 is 14.2 Å². The Morgan fingerprint density at radius 1 is 1.08 bits per heavy atom. The van der Waals surface area contributed by atoms with Crippen LogP contribution in [0.1, 0.15) is 38.5 Å². The molecule has 1 N–H and O–H groups in total. The maximum Gasteiger partial charge on any atom is 0.244 e. The molecule has 0 amide bonds. The van der Waals surface area contributed by atoms with Crippen LogP contribution in [0.3, 0.4) is 0 Å². The first kappa shape index (κ1) is 19.5. The molecule has 3 rings (SSSR count). The summed E-state index contributed by atoms with van der Waals surface area (Å²) in [6.45, 7) is 2.64. The molecule has 26 heavy (non-hydrogen) atoms. The smallest absolute Gasteiger partial charge is 0.244 e. The van der Waals surface area contributed by atoms with Crippen molar-refractivity contribution in [2.45, 2.75) is 49.5 Å². The van der Waals surface area contributed by atoms with Crippen LogP contribution in [0.25, 0.3) is 0 Å². The first-order chi connectivity index (χ1) is 12.5. The molecule has 7 heteroatoms. The number of nitrogens with zero attached hydrogens (tertiary/aromatic N) is 1. The molecule has 0 bridgehead atoms. The van der Waals surface area contributed by atoms with Gasteiger partial charge in [0.15, 0.2) is 0 Å². The lowest BCUT2D eigenvalue weighted by molar-refractivity contribution is 0.135. The van der Waals surface area contributed by atoms with E-state index in [4.69, 9.17) is 9.47 Å². The van der Waals surface area contributed by atoms with Gasteiger partial charge in [0.05, 0.1) is 14.2 Å². The molecule has 2 aliphatic rings. The summed E-state index contributed by atoms with van der Waals surface area (Å²) in [6.07, 6.45) is 7.46. The Morgan fingerprint density at radius 2 is 1.77 bits per heavy atom. The molecule has 2 fully saturated rings. The van der Waals surface area contributed by atoms with Crippen molar-refractivity contribution in [3.8, 4) is 11.5 Å². The van der Waals surface area contributed by atoms with Crippen molar-refractivity contribution in [3.63, 3.8) is 0 Å². The largest absolute Gasteiger partial charge is 0.497 e. The highest BCUT2D eigenvalue weighted by atomic mass is 32.2. The van der Waals surface area contributed by atoms with Gasteiger partial charge in [-0.05, 0) is 56.8 Å². The summed E-state index contributed by atoms with van der Waals surface area (Å²) in [4.78, 5) is 2.73. The van der Waals surface area contributed by atoms with E-state index in [0.717, 1.165) is 32.0 Å². The lowest BCUT2D eigenvalue weighted by Gasteiger charge is -2.36. The lowest BCUT2D eigenvalue weighted by Crippen LogP contribution is -2.42. The zero-order valence-electron chi connectivity index (χ0n) is 15.7. The number of benzene rings is 1. The Bertz CT molecular complexity index is 693. The highest BCUT2D eigenvalue weighted by molar-refractivity contribution is 7.89. The number of rotatable bonds is 7. The van der Waals surface area contributed by atoms with Gasteiger partial charge in [0.25, 0.3) is 0 Å². The van der Waals surface area contributed by atoms with Crippen molar-refractivity contribution >= 4 is 10.0 Å². The minimum absolute atomic E-state index is 0.128. The van der Waals surface area contributed by atoms with Gasteiger partial charge < -0.3 is 14.4 Å². The molecule has 1 aliphatic heterocycles. The first-order valence-corrected chi connectivity index (χ1v) is 11.0. The SMILES string of the molecule is COc1ccc(OC)c(S(=O)(=O)NCC2CCN(C3CCCC3)CC2)c1. The maximum absolute atomic E-state index is 12.7. The number of methoxy groups -OCH3 is 2. The quantitative estimate of drug-likeness (QED) is 0.785. The summed E-state index contributed by atoms with van der Waals surface area (Å²) in [7, 11) is -0.643. The third kappa shape index (κ3) is 4.50. The zero-order chi connectivity index (χ0) is 18.6. The van der Waals surface area contributed by atoms with Crippen molar-refractivity contribution in [1.82, 2.24) is 9.62 Å². The van der Waals surface area contributed by atoms with E-state index < -0.39 is 10.0 Å². The monoisotopic (exact) mass is 382 g/mol. The Morgan fingerprint density at radius 3 is 2.38 bits per heavy atom. The maximum atomic E-state index is 12.7. The molecule has 0 spiro atoms. The summed E-state index contributed by atoms with van der Waals surface area (Å²) < 4.78 is 38.6. The highest BCUT2D eigenvalue weighted by Crippen LogP contribution is 2.30. The van der Waals surface area contributed by atoms with Gasteiger partial charge in [-0.25, -0.2) is 13.1 Å². The predicted octanol–water partition coefficient (Wildman–Crippen LogP) is 2.64. The summed E-state index contributed by atoms with van der Waals surface area (Å²) in [5.41, 5.74) is 0. The predicted molar refractivity (Wildman–Crippen MR) is 101 cm³/mol. The lowest BCUT2D eigenvalue weighted by atomic mass is 9.96. The van der Waals surface area contributed by atoms with E-state index in [0.29, 0.717) is 24.0 Å². The van der Waals surface area contributed by atoms with Gasteiger partial charge in [-0.3, -0.25) is 0 Å². The third-order valence-corrected chi connectivity index (χ3v) is 7.16. The van der Waals surface area contributed by atoms with Gasteiger partial charge in [-0.2, -0.15) is 0 Å². The van der Waals surface area contributed by atoms with E-state index in [2.05, 4.69) is 9.62 Å². The van der Waals surface area contributed by atoms with Crippen LogP contribution in [-0.4, -0.2) is 53.2 Å². The second-order valence-corrected chi connectivity index (χ2v) is 9.02. The number of hydrogen-bond acceptors (Lipinski definition) is 5. The molecule has 1 aromatic rings. The minimum atomic E-state index is -3.63. The van der Waals surface area contributed by atoms with E-state index in [1.54, 1.807) is 12.1 Å². The fourth-order valence-electron chi connectivity index (χ4n) is 4.09. The van der Waals surface area contributed by atoms with Crippen molar-refractivity contribution in [2.75, 3.05) is 33.9 Å². The normalized spacial score (nSPS) is 20.4. The standard InChI is InChI=1S/C19H30N2O4S/c1-24-17-7-8-18(25-2)19(13-17)26(22,23)20-14-15-9-11-21(12-10-15)16-5-3-4-6-16/h7-8,13,15-16,20H,3-6,9-12,14H2,1-2H3. The summed E-state index contributed by atoms with van der Waals surface area (Å²) >= 11 is 0. The molecule has 146 valence electrons. The molecule has 0 aromatic heterocycles. The van der Waals surface area contributed by atoms with Crippen LogP contribution in [0, 0.1) is 5.92 Å². The first-order valence-electron chi connectivity index (χ1n) is 9.49. The van der Waals surface area contributed by atoms with Crippen LogP contribution in [0.4, 0.5) is 0 Å². The Labute approximate surface area is 156 Å². The third-order valence-electron chi connectivity index (χ3n) is 5.71. The van der Waals surface area contributed by atoms with E-state index in [1.807, 2.05) is 0 Å². The zero-order valence-corrected chi connectivity index (χ0v) is 16.6. The molecule has 6 nitrogen and oxygen atoms in total. The molecule has 0 atom stereocenters. The topological polar surface area (TPSA) is 67.9 Å². The number of piperidine rings is 1. The second-order valence-electron chi connectivity index (χ2n) is 7.29. The van der Waals surface area contributed by atoms with E-state index >= 15 is 0 Å². The average Bonchev–Trinajstić information content (AvgIpc) is 3.21. The van der Waals surface area contributed by atoms with Crippen molar-refractivity contribution in [1.29, 1.82) is 0 Å². The summed E-state index contributed by atoms with van der Waals surface area (Å²) in [5, 5.41) is 0. The Kier molecular flexibility index (Phi) is 6.42. The molecule has 1 saturated heterocycles.